The quantitative estimate of drug-likeness (QED) is 0.181. The summed E-state index contributed by atoms with van der Waals surface area (Å²) in [6.07, 6.45) is 1.26. The first kappa shape index (κ1) is 45.5. The summed E-state index contributed by atoms with van der Waals surface area (Å²) >= 11 is 0. The van der Waals surface area contributed by atoms with E-state index in [1.807, 2.05) is 58.0 Å². The van der Waals surface area contributed by atoms with Crippen LogP contribution in [0.5, 0.6) is 0 Å². The van der Waals surface area contributed by atoms with E-state index >= 15 is 0 Å². The summed E-state index contributed by atoms with van der Waals surface area (Å²) in [4.78, 5) is 73.0. The zero-order valence-electron chi connectivity index (χ0n) is 34.3. The van der Waals surface area contributed by atoms with Gasteiger partial charge in [0.1, 0.15) is 12.1 Å². The van der Waals surface area contributed by atoms with Crippen LogP contribution >= 0.6 is 0 Å². The molecule has 1 heterocycles. The monoisotopic (exact) mass is 742 g/mol. The summed E-state index contributed by atoms with van der Waals surface area (Å²) in [6, 6.07) is 6.62. The van der Waals surface area contributed by atoms with Crippen molar-refractivity contribution in [2.45, 2.75) is 123 Å². The zero-order chi connectivity index (χ0) is 40.2. The van der Waals surface area contributed by atoms with Crippen molar-refractivity contribution in [1.29, 1.82) is 0 Å². The average Bonchev–Trinajstić information content (AvgIpc) is 3.59. The lowest BCUT2D eigenvalue weighted by molar-refractivity contribution is -0.148. The van der Waals surface area contributed by atoms with E-state index in [1.165, 1.54) is 6.92 Å². The number of hydrogen-bond acceptors (Lipinski definition) is 8. The Morgan fingerprint density at radius 2 is 1.57 bits per heavy atom. The Labute approximate surface area is 318 Å². The molecule has 0 aromatic heterocycles. The lowest BCUT2D eigenvalue weighted by atomic mass is 9.89. The van der Waals surface area contributed by atoms with Gasteiger partial charge in [-0.2, -0.15) is 0 Å². The Balaban J connectivity index is 2.28. The molecule has 0 spiro atoms. The summed E-state index contributed by atoms with van der Waals surface area (Å²) < 4.78 is 11.9. The van der Waals surface area contributed by atoms with Gasteiger partial charge in [-0.05, 0) is 64.6 Å². The van der Waals surface area contributed by atoms with Crippen LogP contribution in [-0.4, -0.2) is 128 Å². The molecule has 4 amide bonds. The molecule has 1 aromatic rings. The molecule has 0 bridgehead atoms. The number of hydrogen-bond donors (Lipinski definition) is 2. The van der Waals surface area contributed by atoms with Gasteiger partial charge < -0.3 is 29.9 Å². The molecule has 1 aromatic carbocycles. The van der Waals surface area contributed by atoms with Crippen molar-refractivity contribution in [3.8, 4) is 0 Å². The molecule has 1 aliphatic rings. The maximum Gasteiger partial charge on any atom is 0.245 e. The fourth-order valence-electron chi connectivity index (χ4n) is 7.62. The molecule has 1 saturated heterocycles. The van der Waals surface area contributed by atoms with Crippen LogP contribution < -0.4 is 10.6 Å². The van der Waals surface area contributed by atoms with Gasteiger partial charge in [-0.25, -0.2) is 0 Å². The summed E-state index contributed by atoms with van der Waals surface area (Å²) in [5.74, 6) is -2.06. The minimum atomic E-state index is -0.803. The Kier molecular flexibility index (Phi) is 18.3. The molecule has 1 fully saturated rings. The number of ketones is 1. The van der Waals surface area contributed by atoms with Crippen LogP contribution in [0.15, 0.2) is 42.5 Å². The van der Waals surface area contributed by atoms with Gasteiger partial charge in [0.15, 0.2) is 5.78 Å². The lowest BCUT2D eigenvalue weighted by Gasteiger charge is -2.41. The Morgan fingerprint density at radius 3 is 2.06 bits per heavy atom. The van der Waals surface area contributed by atoms with Crippen molar-refractivity contribution in [3.05, 3.63) is 48.0 Å². The largest absolute Gasteiger partial charge is 0.379 e. The molecule has 0 aliphatic carbocycles. The third kappa shape index (κ3) is 12.2. The molecule has 0 radical (unpaired) electrons. The fourth-order valence-corrected chi connectivity index (χ4v) is 7.62. The molecule has 0 unspecified atom stereocenters. The molecule has 0 saturated carbocycles. The van der Waals surface area contributed by atoms with E-state index in [-0.39, 0.29) is 53.7 Å². The Bertz CT molecular complexity index is 1390. The molecule has 53 heavy (non-hydrogen) atoms. The predicted molar refractivity (Wildman–Crippen MR) is 208 cm³/mol. The van der Waals surface area contributed by atoms with Gasteiger partial charge in [0.25, 0.3) is 0 Å². The average molecular weight is 742 g/mol. The number of benzene rings is 1. The zero-order valence-corrected chi connectivity index (χ0v) is 34.3. The highest BCUT2D eigenvalue weighted by molar-refractivity contribution is 5.91. The summed E-state index contributed by atoms with van der Waals surface area (Å²) in [5.41, 5.74) is 1.61. The predicted octanol–water partition coefficient (Wildman–Crippen LogP) is 3.87. The van der Waals surface area contributed by atoms with Gasteiger partial charge in [-0.1, -0.05) is 83.5 Å². The molecule has 298 valence electrons. The summed E-state index contributed by atoms with van der Waals surface area (Å²) in [5, 5.41) is 5.90. The van der Waals surface area contributed by atoms with Gasteiger partial charge >= 0.3 is 0 Å². The first-order valence-electron chi connectivity index (χ1n) is 19.0. The molecular weight excluding hydrogens is 674 g/mol. The number of nitrogens with zero attached hydrogens (tertiary/aromatic N) is 3. The van der Waals surface area contributed by atoms with Crippen molar-refractivity contribution >= 4 is 29.4 Å². The van der Waals surface area contributed by atoms with Crippen LogP contribution in [0.4, 0.5) is 0 Å². The van der Waals surface area contributed by atoms with E-state index in [0.29, 0.717) is 25.0 Å². The number of Topliss-reactive ketones (excluding diaryl/α,β-unsaturated/α-hetero) is 1. The van der Waals surface area contributed by atoms with E-state index in [2.05, 4.69) is 17.2 Å². The van der Waals surface area contributed by atoms with Crippen LogP contribution in [0.2, 0.25) is 0 Å². The van der Waals surface area contributed by atoms with E-state index < -0.39 is 42.3 Å². The number of carbonyl (C=O) groups is 5. The van der Waals surface area contributed by atoms with Gasteiger partial charge in [0, 0.05) is 27.8 Å². The van der Waals surface area contributed by atoms with E-state index in [4.69, 9.17) is 9.47 Å². The minimum Gasteiger partial charge on any atom is -0.379 e. The molecule has 9 atom stereocenters. The highest BCUT2D eigenvalue weighted by Crippen LogP contribution is 2.30. The maximum atomic E-state index is 14.2. The number of methoxy groups -OCH3 is 2. The van der Waals surface area contributed by atoms with Crippen LogP contribution in [0.25, 0.3) is 0 Å². The second-order valence-corrected chi connectivity index (χ2v) is 15.4. The molecular formula is C41H67N5O7. The Morgan fingerprint density at radius 1 is 0.943 bits per heavy atom. The second-order valence-electron chi connectivity index (χ2n) is 15.4. The van der Waals surface area contributed by atoms with Crippen LogP contribution in [0, 0.1) is 17.8 Å². The van der Waals surface area contributed by atoms with Crippen LogP contribution in [0.1, 0.15) is 79.7 Å². The SMILES string of the molecule is C=C(C)[C@@H](C(=O)N[C@H](C(=O)N(C)[C@@H]([C@@H](C)CC)[C@@H](CC(=O)N1CCC[C@H]1[C@H](OC)[C@@H](C)C(=O)N[C@@H](Cc1ccccc1)C(C)=O)OC)C(C)C)N(C)C. The summed E-state index contributed by atoms with van der Waals surface area (Å²) in [6.45, 7) is 17.3. The van der Waals surface area contributed by atoms with E-state index in [9.17, 15) is 24.0 Å². The molecule has 12 heteroatoms. The third-order valence-corrected chi connectivity index (χ3v) is 10.8. The van der Waals surface area contributed by atoms with Crippen molar-refractivity contribution in [3.63, 3.8) is 0 Å². The second kappa shape index (κ2) is 21.3. The number of likely N-dealkylation sites (tertiary alicyclic amines) is 1. The van der Waals surface area contributed by atoms with Gasteiger partial charge in [-0.15, -0.1) is 0 Å². The topological polar surface area (TPSA) is 138 Å². The number of likely N-dealkylation sites (N-methyl/N-ethyl adjacent to an activating group) is 2. The molecule has 1 aliphatic heterocycles. The van der Waals surface area contributed by atoms with Gasteiger partial charge in [-0.3, -0.25) is 28.9 Å². The molecule has 12 nitrogen and oxygen atoms in total. The van der Waals surface area contributed by atoms with Crippen LogP contribution in [-0.2, 0) is 39.9 Å². The van der Waals surface area contributed by atoms with Crippen LogP contribution in [0.3, 0.4) is 0 Å². The normalized spacial score (nSPS) is 19.1. The number of nitrogens with one attached hydrogen (secondary N) is 2. The van der Waals surface area contributed by atoms with Crippen molar-refractivity contribution in [2.24, 2.45) is 17.8 Å². The molecule has 2 rings (SSSR count). The Hall–Kier alpha value is -3.61. The fraction of sp³-hybridized carbons (Fsp3) is 0.683. The van der Waals surface area contributed by atoms with E-state index in [1.54, 1.807) is 63.9 Å². The smallest absolute Gasteiger partial charge is 0.245 e. The first-order valence-corrected chi connectivity index (χ1v) is 19.0. The van der Waals surface area contributed by atoms with Crippen molar-refractivity contribution in [1.82, 2.24) is 25.3 Å². The number of carbonyl (C=O) groups excluding carboxylic acids is 5. The standard InChI is InChI=1S/C41H67N5O7/c1-14-27(6)37(45(11)41(51)35(25(2)3)43-40(50)36(26(4)5)44(9)10)33(52-12)24-34(48)46-22-18-21-32(46)38(53-13)28(7)39(49)42-31(29(8)47)23-30-19-16-15-17-20-30/h15-17,19-20,25,27-28,31-33,35-38H,4,14,18,21-24H2,1-3,5-13H3,(H,42,49)(H,43,50)/t27-,28+,31-,32-,33+,35-,36-,37-,38+/m0/s1. The number of amides is 4. The van der Waals surface area contributed by atoms with Gasteiger partial charge in [0.2, 0.25) is 23.6 Å². The summed E-state index contributed by atoms with van der Waals surface area (Å²) in [7, 11) is 8.39. The number of rotatable bonds is 21. The van der Waals surface area contributed by atoms with Crippen molar-refractivity contribution < 1.29 is 33.4 Å². The van der Waals surface area contributed by atoms with Gasteiger partial charge in [0.05, 0.1) is 42.7 Å². The highest BCUT2D eigenvalue weighted by Gasteiger charge is 2.43. The number of ether oxygens (including phenoxy) is 2. The highest BCUT2D eigenvalue weighted by atomic mass is 16.5. The first-order chi connectivity index (χ1) is 24.9. The molecule has 2 N–H and O–H groups in total. The lowest BCUT2D eigenvalue weighted by Crippen LogP contribution is -2.59. The maximum absolute atomic E-state index is 14.2. The third-order valence-electron chi connectivity index (χ3n) is 10.8. The van der Waals surface area contributed by atoms with E-state index in [0.717, 1.165) is 18.4 Å². The minimum absolute atomic E-state index is 0.0111. The van der Waals surface area contributed by atoms with Crippen molar-refractivity contribution in [2.75, 3.05) is 41.9 Å².